The van der Waals surface area contributed by atoms with E-state index >= 15 is 0 Å². The predicted molar refractivity (Wildman–Crippen MR) is 167 cm³/mol. The van der Waals surface area contributed by atoms with Crippen molar-refractivity contribution in [1.29, 1.82) is 0 Å². The minimum Gasteiger partial charge on any atom is -0.490 e. The van der Waals surface area contributed by atoms with E-state index in [1.165, 1.54) is 11.1 Å². The fraction of sp³-hybridized carbons (Fsp3) is 0.545. The van der Waals surface area contributed by atoms with Crippen molar-refractivity contribution in [3.8, 4) is 5.75 Å². The topological polar surface area (TPSA) is 105 Å². The molecule has 4 aliphatic rings. The van der Waals surface area contributed by atoms with Crippen LogP contribution < -0.4 is 14.4 Å². The van der Waals surface area contributed by atoms with Crippen LogP contribution in [0.4, 0.5) is 5.69 Å². The fourth-order valence-corrected chi connectivity index (χ4v) is 9.20. The highest BCUT2D eigenvalue weighted by Crippen LogP contribution is 2.47. The largest absolute Gasteiger partial charge is 0.490 e. The Morgan fingerprint density at radius 3 is 2.77 bits per heavy atom. The highest BCUT2D eigenvalue weighted by molar-refractivity contribution is 7.90. The van der Waals surface area contributed by atoms with Crippen LogP contribution in [-0.2, 0) is 26.6 Å². The maximum absolute atomic E-state index is 13.3. The maximum atomic E-state index is 13.3. The van der Waals surface area contributed by atoms with Crippen LogP contribution in [0.15, 0.2) is 48.6 Å². The zero-order valence-electron chi connectivity index (χ0n) is 24.8. The first kappa shape index (κ1) is 30.4. The number of fused-ring (bicyclic) bond motifs is 4. The summed E-state index contributed by atoms with van der Waals surface area (Å²) in [7, 11) is -2.25. The summed E-state index contributed by atoms with van der Waals surface area (Å²) in [4.78, 5) is 15.7. The van der Waals surface area contributed by atoms with Crippen molar-refractivity contribution in [3.63, 3.8) is 0 Å². The molecule has 1 fully saturated rings. The zero-order chi connectivity index (χ0) is 30.4. The summed E-state index contributed by atoms with van der Waals surface area (Å²) < 4.78 is 40.9. The van der Waals surface area contributed by atoms with Gasteiger partial charge in [0.25, 0.3) is 5.91 Å². The molecule has 0 aromatic heterocycles. The summed E-state index contributed by atoms with van der Waals surface area (Å²) in [6.07, 6.45) is 8.78. The number of benzene rings is 2. The van der Waals surface area contributed by atoms with Crippen LogP contribution in [0.1, 0.15) is 54.1 Å². The average Bonchev–Trinajstić information content (AvgIpc) is 3.10. The van der Waals surface area contributed by atoms with E-state index in [-0.39, 0.29) is 41.3 Å². The number of halogens is 1. The summed E-state index contributed by atoms with van der Waals surface area (Å²) >= 11 is 6.40. The van der Waals surface area contributed by atoms with E-state index in [0.29, 0.717) is 24.8 Å². The maximum Gasteiger partial charge on any atom is 0.264 e. The van der Waals surface area contributed by atoms with Gasteiger partial charge in [0.1, 0.15) is 5.75 Å². The van der Waals surface area contributed by atoms with Crippen LogP contribution in [0, 0.1) is 23.7 Å². The number of aryl methyl sites for hydroxylation is 1. The number of hydrogen-bond donors (Lipinski definition) is 2. The van der Waals surface area contributed by atoms with E-state index in [9.17, 15) is 18.3 Å². The van der Waals surface area contributed by atoms with Crippen LogP contribution in [-0.4, -0.2) is 64.7 Å². The zero-order valence-corrected chi connectivity index (χ0v) is 26.4. The molecular formula is C33H41ClN2O6S. The summed E-state index contributed by atoms with van der Waals surface area (Å²) in [6, 6.07) is 11.4. The van der Waals surface area contributed by atoms with Gasteiger partial charge in [0.05, 0.1) is 24.2 Å². The number of nitrogens with one attached hydrogen (secondary N) is 1. The van der Waals surface area contributed by atoms with Gasteiger partial charge in [-0.15, -0.1) is 0 Å². The molecule has 2 aliphatic heterocycles. The Morgan fingerprint density at radius 2 is 2.02 bits per heavy atom. The van der Waals surface area contributed by atoms with E-state index in [2.05, 4.69) is 21.8 Å². The summed E-state index contributed by atoms with van der Waals surface area (Å²) in [5, 5.41) is 10.8. The van der Waals surface area contributed by atoms with E-state index in [1.807, 2.05) is 18.2 Å². The molecule has 1 unspecified atom stereocenters. The van der Waals surface area contributed by atoms with Gasteiger partial charge in [-0.2, -0.15) is 0 Å². The van der Waals surface area contributed by atoms with E-state index < -0.39 is 21.8 Å². The number of ether oxygens (including phenoxy) is 2. The van der Waals surface area contributed by atoms with Crippen LogP contribution in [0.3, 0.4) is 0 Å². The van der Waals surface area contributed by atoms with E-state index in [1.54, 1.807) is 32.2 Å². The van der Waals surface area contributed by atoms with Crippen molar-refractivity contribution in [3.05, 3.63) is 70.3 Å². The molecule has 1 spiro atoms. The van der Waals surface area contributed by atoms with Gasteiger partial charge in [-0.1, -0.05) is 36.7 Å². The SMILES string of the molecule is CO[C@H]1/C=C/[C@@H](CO)C(C)CS(=O)(=O)NC(=O)c2ccc3c(c2)N(C[C@@H]2CC[C@H]21)C[C@@]1(CCCc2cc(Cl)ccc21)CO3. The summed E-state index contributed by atoms with van der Waals surface area (Å²) in [6.45, 7) is 3.54. The van der Waals surface area contributed by atoms with Crippen molar-refractivity contribution in [1.82, 2.24) is 4.72 Å². The van der Waals surface area contributed by atoms with Crippen molar-refractivity contribution in [2.24, 2.45) is 23.7 Å². The number of aliphatic hydroxyl groups excluding tert-OH is 1. The molecule has 10 heteroatoms. The second-order valence-electron chi connectivity index (χ2n) is 12.9. The molecule has 8 nitrogen and oxygen atoms in total. The fourth-order valence-electron chi connectivity index (χ4n) is 7.58. The van der Waals surface area contributed by atoms with Crippen molar-refractivity contribution >= 4 is 33.2 Å². The minimum atomic E-state index is -3.96. The van der Waals surface area contributed by atoms with Gasteiger partial charge in [-0.3, -0.25) is 4.79 Å². The lowest BCUT2D eigenvalue weighted by molar-refractivity contribution is 0.0128. The molecule has 2 heterocycles. The number of nitrogens with zero attached hydrogens (tertiary/aromatic N) is 1. The summed E-state index contributed by atoms with van der Waals surface area (Å²) in [5.74, 6) is -0.433. The van der Waals surface area contributed by atoms with Gasteiger partial charge in [0, 0.05) is 48.7 Å². The Hall–Kier alpha value is -2.59. The number of carbonyl (C=O) groups excluding carboxylic acids is 1. The molecule has 2 N–H and O–H groups in total. The van der Waals surface area contributed by atoms with Gasteiger partial charge in [0.15, 0.2) is 0 Å². The molecule has 2 aromatic rings. The molecular weight excluding hydrogens is 588 g/mol. The lowest BCUT2D eigenvalue weighted by Gasteiger charge is -2.46. The Bertz CT molecular complexity index is 1510. The van der Waals surface area contributed by atoms with Gasteiger partial charge >= 0.3 is 0 Å². The Balaban J connectivity index is 1.43. The first-order chi connectivity index (χ1) is 20.6. The smallest absolute Gasteiger partial charge is 0.264 e. The first-order valence-electron chi connectivity index (χ1n) is 15.3. The Morgan fingerprint density at radius 1 is 1.19 bits per heavy atom. The molecule has 1 saturated carbocycles. The highest BCUT2D eigenvalue weighted by Gasteiger charge is 2.44. The van der Waals surface area contributed by atoms with Crippen LogP contribution >= 0.6 is 11.6 Å². The molecule has 2 aromatic carbocycles. The lowest BCUT2D eigenvalue weighted by Crippen LogP contribution is -2.49. The average molecular weight is 629 g/mol. The normalized spacial score (nSPS) is 32.8. The lowest BCUT2D eigenvalue weighted by atomic mass is 9.68. The van der Waals surface area contributed by atoms with Gasteiger partial charge < -0.3 is 19.5 Å². The van der Waals surface area contributed by atoms with E-state index in [0.717, 1.165) is 49.4 Å². The number of carbonyl (C=O) groups is 1. The monoisotopic (exact) mass is 628 g/mol. The highest BCUT2D eigenvalue weighted by atomic mass is 35.5. The van der Waals surface area contributed by atoms with Crippen molar-refractivity contribution in [2.75, 3.05) is 44.1 Å². The minimum absolute atomic E-state index is 0.148. The van der Waals surface area contributed by atoms with Crippen LogP contribution in [0.25, 0.3) is 0 Å². The summed E-state index contributed by atoms with van der Waals surface area (Å²) in [5.41, 5.74) is 3.33. The molecule has 6 rings (SSSR count). The molecule has 1 amide bonds. The number of hydrogen-bond acceptors (Lipinski definition) is 7. The van der Waals surface area contributed by atoms with Crippen molar-refractivity contribution < 1.29 is 27.8 Å². The quantitative estimate of drug-likeness (QED) is 0.464. The molecule has 0 saturated heterocycles. The molecule has 232 valence electrons. The number of sulfonamides is 1. The Labute approximate surface area is 259 Å². The van der Waals surface area contributed by atoms with Gasteiger partial charge in [0.2, 0.25) is 10.0 Å². The second kappa shape index (κ2) is 12.1. The van der Waals surface area contributed by atoms with Gasteiger partial charge in [-0.05, 0) is 91.3 Å². The Kier molecular flexibility index (Phi) is 8.54. The number of methoxy groups -OCH3 is 1. The van der Waals surface area contributed by atoms with Gasteiger partial charge in [-0.25, -0.2) is 13.1 Å². The number of rotatable bonds is 2. The van der Waals surface area contributed by atoms with Crippen LogP contribution in [0.5, 0.6) is 5.75 Å². The number of amides is 1. The third-order valence-electron chi connectivity index (χ3n) is 10.1. The van der Waals surface area contributed by atoms with E-state index in [4.69, 9.17) is 21.1 Å². The molecule has 43 heavy (non-hydrogen) atoms. The first-order valence-corrected chi connectivity index (χ1v) is 17.3. The molecule has 0 radical (unpaired) electrons. The predicted octanol–water partition coefficient (Wildman–Crippen LogP) is 4.73. The van der Waals surface area contributed by atoms with Crippen LogP contribution in [0.2, 0.25) is 5.02 Å². The third kappa shape index (κ3) is 6.06. The molecule has 2 aliphatic carbocycles. The van der Waals surface area contributed by atoms with Crippen molar-refractivity contribution in [2.45, 2.75) is 50.5 Å². The standard InChI is InChI=1S/C33H41ClN2O6S/c1-21-18-43(39,40)35-32(38)23-6-12-31-29(15-23)36(16-24-5-9-27(24)30(41-2)11-7-25(21)17-37)19-33(20-42-31)13-3-4-22-14-26(34)8-10-28(22)33/h6-8,10-12,14-15,21,24-25,27,30,37H,3-5,9,13,16-20H2,1-2H3,(H,35,38)/b11-7+/t21?,24-,25-,27+,30-,33-/m0/s1. The molecule has 6 atom stereocenters. The molecule has 2 bridgehead atoms. The second-order valence-corrected chi connectivity index (χ2v) is 15.1. The number of anilines is 1. The number of aliphatic hydroxyl groups is 1. The third-order valence-corrected chi connectivity index (χ3v) is 11.8.